The predicted molar refractivity (Wildman–Crippen MR) is 67.3 cm³/mol. The van der Waals surface area contributed by atoms with Crippen LogP contribution in [0.3, 0.4) is 0 Å². The van der Waals surface area contributed by atoms with Gasteiger partial charge in [-0.3, -0.25) is 9.11 Å². The molecule has 0 radical (unpaired) electrons. The van der Waals surface area contributed by atoms with Crippen molar-refractivity contribution in [2.45, 2.75) is 62.0 Å². The molecule has 2 N–H and O–H groups in total. The van der Waals surface area contributed by atoms with Crippen LogP contribution in [0.4, 0.5) is 0 Å². The third kappa shape index (κ3) is 17.3. The van der Waals surface area contributed by atoms with Crippen molar-refractivity contribution in [1.29, 1.82) is 0 Å². The van der Waals surface area contributed by atoms with E-state index in [0.29, 0.717) is 0 Å². The smallest absolute Gasteiger partial charge is 0.264 e. The van der Waals surface area contributed by atoms with E-state index in [0.717, 1.165) is 2.66 Å². The summed E-state index contributed by atoms with van der Waals surface area (Å²) in [6, 6.07) is 0. The van der Waals surface area contributed by atoms with Gasteiger partial charge in [0, 0.05) is 0 Å². The molecule has 0 fully saturated rings. The molecular formula is C10H23NaO4S. The second-order valence-corrected chi connectivity index (χ2v) is 7.44. The van der Waals surface area contributed by atoms with Gasteiger partial charge in [0.2, 0.25) is 0 Å². The summed E-state index contributed by atoms with van der Waals surface area (Å²) in [6.07, 6.45) is 8.55. The molecule has 0 bridgehead atoms. The molecule has 0 amide bonds. The maximum Gasteiger partial charge on any atom is 0.394 e. The molecule has 94 valence electrons. The van der Waals surface area contributed by atoms with Crippen LogP contribution in [0.1, 0.15) is 59.3 Å². The molecule has 0 saturated carbocycles. The van der Waals surface area contributed by atoms with E-state index in [9.17, 15) is 0 Å². The van der Waals surface area contributed by atoms with Gasteiger partial charge in [0.1, 0.15) is 0 Å². The van der Waals surface area contributed by atoms with Crippen molar-refractivity contribution in [3.05, 3.63) is 0 Å². The van der Waals surface area contributed by atoms with E-state index in [1.165, 1.54) is 66.5 Å². The first kappa shape index (κ1) is 19.2. The standard InChI is InChI=1S/C10H21.Na.H2O4S/c1-4-7-8-9-10(5-2)6-3;;1-5(2,3)4/h4-9H2,1-3H3;;(H2,1,2,3,4). The molecular weight excluding hydrogens is 239 g/mol. The Morgan fingerprint density at radius 1 is 1.06 bits per heavy atom. The van der Waals surface area contributed by atoms with Crippen LogP contribution in [0, 0.1) is 0 Å². The summed E-state index contributed by atoms with van der Waals surface area (Å²) < 4.78 is 32.4. The van der Waals surface area contributed by atoms with Crippen molar-refractivity contribution in [2.24, 2.45) is 0 Å². The third-order valence-corrected chi connectivity index (χ3v) is 5.01. The molecule has 4 nitrogen and oxygen atoms in total. The van der Waals surface area contributed by atoms with E-state index in [-0.39, 0.29) is 0 Å². The van der Waals surface area contributed by atoms with Crippen molar-refractivity contribution < 1.29 is 17.5 Å². The number of rotatable bonds is 6. The fourth-order valence-corrected chi connectivity index (χ4v) is 1.76. The summed E-state index contributed by atoms with van der Waals surface area (Å²) in [5.41, 5.74) is 0. The zero-order valence-corrected chi connectivity index (χ0v) is 13.7. The van der Waals surface area contributed by atoms with Gasteiger partial charge in [0.15, 0.2) is 0 Å². The second-order valence-electron chi connectivity index (χ2n) is 4.42. The van der Waals surface area contributed by atoms with Gasteiger partial charge in [-0.2, -0.15) is 8.42 Å². The van der Waals surface area contributed by atoms with Crippen LogP contribution in [-0.4, -0.2) is 45.5 Å². The van der Waals surface area contributed by atoms with Gasteiger partial charge in [0.25, 0.3) is 0 Å². The van der Waals surface area contributed by atoms with Crippen LogP contribution in [-0.2, 0) is 10.4 Å². The van der Waals surface area contributed by atoms with Crippen LogP contribution in [0.5, 0.6) is 0 Å². The summed E-state index contributed by atoms with van der Waals surface area (Å²) in [6.45, 7) is 6.98. The van der Waals surface area contributed by atoms with Crippen molar-refractivity contribution in [2.75, 3.05) is 0 Å². The Hall–Kier alpha value is 0.870. The molecule has 0 unspecified atom stereocenters. The van der Waals surface area contributed by atoms with Crippen molar-refractivity contribution in [3.63, 3.8) is 0 Å². The molecule has 0 aromatic carbocycles. The topological polar surface area (TPSA) is 74.6 Å². The van der Waals surface area contributed by atoms with Crippen molar-refractivity contribution in [3.8, 4) is 0 Å². The molecule has 16 heavy (non-hydrogen) atoms. The molecule has 0 rings (SSSR count). The van der Waals surface area contributed by atoms with Gasteiger partial charge >= 0.3 is 100 Å². The molecule has 0 aliphatic rings. The van der Waals surface area contributed by atoms with Crippen LogP contribution < -0.4 is 0 Å². The summed E-state index contributed by atoms with van der Waals surface area (Å²) in [5.74, 6) is 0. The molecule has 0 aromatic heterocycles. The Morgan fingerprint density at radius 2 is 1.44 bits per heavy atom. The monoisotopic (exact) mass is 262 g/mol. The summed E-state index contributed by atoms with van der Waals surface area (Å²) in [7, 11) is -4.67. The molecule has 0 aliphatic heterocycles. The maximum atomic E-state index is 8.74. The largest absolute Gasteiger partial charge is 0.394 e. The number of unbranched alkanes of at least 4 members (excludes halogenated alkanes) is 2. The van der Waals surface area contributed by atoms with Gasteiger partial charge < -0.3 is 0 Å². The van der Waals surface area contributed by atoms with E-state index in [2.05, 4.69) is 20.8 Å². The summed E-state index contributed by atoms with van der Waals surface area (Å²) in [4.78, 5) is 0. The minimum Gasteiger partial charge on any atom is -0.264 e. The van der Waals surface area contributed by atoms with E-state index in [4.69, 9.17) is 17.5 Å². The second kappa shape index (κ2) is 9.85. The Kier molecular flexibility index (Phi) is 11.8. The maximum absolute atomic E-state index is 8.74. The minimum atomic E-state index is -4.67. The number of hydrogen-bond donors (Lipinski definition) is 2. The third-order valence-electron chi connectivity index (χ3n) is 3.09. The Balaban J connectivity index is 0. The van der Waals surface area contributed by atoms with Gasteiger partial charge in [-0.15, -0.1) is 0 Å². The van der Waals surface area contributed by atoms with Crippen molar-refractivity contribution >= 4 is 38.3 Å². The van der Waals surface area contributed by atoms with Crippen LogP contribution in [0.15, 0.2) is 0 Å². The number of hydrogen-bond acceptors (Lipinski definition) is 2. The summed E-state index contributed by atoms with van der Waals surface area (Å²) in [5, 5.41) is 0. The molecule has 0 saturated heterocycles. The van der Waals surface area contributed by atoms with E-state index >= 15 is 0 Å². The fourth-order valence-electron chi connectivity index (χ4n) is 1.41. The first-order valence-electron chi connectivity index (χ1n) is 5.88. The zero-order valence-electron chi connectivity index (χ0n) is 10.9. The molecule has 0 aromatic rings. The molecule has 0 aliphatic carbocycles. The van der Waals surface area contributed by atoms with E-state index in [1.807, 2.05) is 0 Å². The Morgan fingerprint density at radius 3 is 1.69 bits per heavy atom. The molecule has 6 heteroatoms. The van der Waals surface area contributed by atoms with E-state index < -0.39 is 10.4 Å². The summed E-state index contributed by atoms with van der Waals surface area (Å²) >= 11 is 1.39. The van der Waals surface area contributed by atoms with Gasteiger partial charge in [-0.05, 0) is 0 Å². The molecule has 0 spiro atoms. The van der Waals surface area contributed by atoms with Gasteiger partial charge in [-0.25, -0.2) is 0 Å². The van der Waals surface area contributed by atoms with Gasteiger partial charge in [-0.1, -0.05) is 0 Å². The minimum absolute atomic E-state index is 0.773. The normalized spacial score (nSPS) is 11.9. The average molecular weight is 262 g/mol. The van der Waals surface area contributed by atoms with Crippen LogP contribution >= 0.6 is 0 Å². The zero-order chi connectivity index (χ0) is 13.2. The fraction of sp³-hybridized carbons (Fsp3) is 1.00. The first-order chi connectivity index (χ1) is 7.18. The average Bonchev–Trinajstić information content (AvgIpc) is 2.15. The van der Waals surface area contributed by atoms with Crippen LogP contribution in [0.2, 0.25) is 2.66 Å². The molecule has 0 atom stereocenters. The van der Waals surface area contributed by atoms with Gasteiger partial charge in [0.05, 0.1) is 0 Å². The predicted octanol–water partition coefficient (Wildman–Crippen LogP) is 3.06. The quantitative estimate of drug-likeness (QED) is 0.438. The Labute approximate surface area is 117 Å². The molecule has 0 heterocycles. The van der Waals surface area contributed by atoms with Crippen molar-refractivity contribution in [1.82, 2.24) is 0 Å². The Bertz CT molecular complexity index is 240. The van der Waals surface area contributed by atoms with Crippen LogP contribution in [0.25, 0.3) is 0 Å². The first-order valence-corrected chi connectivity index (χ1v) is 8.28. The van der Waals surface area contributed by atoms with E-state index in [1.54, 1.807) is 0 Å². The SMILES string of the molecule is CCCCC[C]([Na])(CC)CC.O=S(=O)(O)O.